The van der Waals surface area contributed by atoms with Crippen LogP contribution in [0.15, 0.2) is 18.5 Å². The van der Waals surface area contributed by atoms with E-state index >= 15 is 0 Å². The number of nitrogens with one attached hydrogen (secondary N) is 1. The van der Waals surface area contributed by atoms with Crippen LogP contribution in [0.3, 0.4) is 0 Å². The van der Waals surface area contributed by atoms with E-state index in [2.05, 4.69) is 30.0 Å². The molecule has 0 aromatic carbocycles. The smallest absolute Gasteiger partial charge is 0.266 e. The van der Waals surface area contributed by atoms with E-state index in [0.29, 0.717) is 16.9 Å². The van der Waals surface area contributed by atoms with Crippen LogP contribution in [-0.2, 0) is 0 Å². The molecule has 8 nitrogen and oxygen atoms in total. The van der Waals surface area contributed by atoms with Gasteiger partial charge < -0.3 is 15.4 Å². The molecule has 142 valence electrons. The summed E-state index contributed by atoms with van der Waals surface area (Å²) in [7, 11) is 2.00. The summed E-state index contributed by atoms with van der Waals surface area (Å²) < 4.78 is 5.74. The third kappa shape index (κ3) is 3.52. The van der Waals surface area contributed by atoms with Crippen LogP contribution in [0.25, 0.3) is 11.2 Å². The average molecular weight is 408 g/mol. The lowest BCUT2D eigenvalue weighted by atomic mass is 9.90. The minimum atomic E-state index is 0.139. The second-order valence-electron chi connectivity index (χ2n) is 6.60. The standard InChI is InChI=1S/C17H19Cl2N7O/c1-26(10-5-3-2-4-9(10)20)12-8-22-14-16(23-12)24-25-17(14)27-11-6-7-21-15(19)13(11)18/h6-10H,2-5,20H2,1H3,(H,23,24,25)/t9-,10+/m1/s1. The van der Waals surface area contributed by atoms with E-state index < -0.39 is 0 Å². The lowest BCUT2D eigenvalue weighted by Gasteiger charge is -2.36. The number of ether oxygens (including phenoxy) is 1. The highest BCUT2D eigenvalue weighted by atomic mass is 35.5. The first-order valence-electron chi connectivity index (χ1n) is 8.72. The molecule has 1 aliphatic rings. The predicted octanol–water partition coefficient (Wildman–Crippen LogP) is 3.55. The van der Waals surface area contributed by atoms with Crippen LogP contribution in [0.1, 0.15) is 25.7 Å². The minimum absolute atomic E-state index is 0.139. The van der Waals surface area contributed by atoms with Gasteiger partial charge in [-0.25, -0.2) is 15.0 Å². The number of anilines is 1. The first-order valence-corrected chi connectivity index (χ1v) is 9.47. The third-order valence-electron chi connectivity index (χ3n) is 4.88. The molecule has 3 aromatic heterocycles. The molecule has 3 heterocycles. The molecule has 1 saturated carbocycles. The van der Waals surface area contributed by atoms with E-state index in [1.165, 1.54) is 19.0 Å². The summed E-state index contributed by atoms with van der Waals surface area (Å²) in [5.74, 6) is 1.36. The van der Waals surface area contributed by atoms with Gasteiger partial charge in [-0.05, 0) is 12.8 Å². The quantitative estimate of drug-likeness (QED) is 0.636. The van der Waals surface area contributed by atoms with Crippen molar-refractivity contribution in [1.82, 2.24) is 25.1 Å². The molecule has 1 aliphatic carbocycles. The monoisotopic (exact) mass is 407 g/mol. The SMILES string of the molecule is CN(c1cnc2c(Oc3ccnc(Cl)c3Cl)n[nH]c2n1)[C@H]1CCCC[C@H]1N. The summed E-state index contributed by atoms with van der Waals surface area (Å²) >= 11 is 12.0. The first-order chi connectivity index (χ1) is 13.0. The predicted molar refractivity (Wildman–Crippen MR) is 105 cm³/mol. The number of aromatic amines is 1. The van der Waals surface area contributed by atoms with Crippen LogP contribution in [0.4, 0.5) is 5.82 Å². The summed E-state index contributed by atoms with van der Waals surface area (Å²) in [6, 6.07) is 2.00. The van der Waals surface area contributed by atoms with Gasteiger partial charge in [0, 0.05) is 31.4 Å². The number of likely N-dealkylation sites (N-methyl/N-ethyl adjacent to an activating group) is 1. The Morgan fingerprint density at radius 1 is 1.26 bits per heavy atom. The Bertz CT molecular complexity index is 964. The molecule has 0 amide bonds. The van der Waals surface area contributed by atoms with Crippen molar-refractivity contribution in [1.29, 1.82) is 0 Å². The highest BCUT2D eigenvalue weighted by molar-refractivity contribution is 6.42. The van der Waals surface area contributed by atoms with E-state index in [1.807, 2.05) is 7.05 Å². The van der Waals surface area contributed by atoms with Crippen LogP contribution < -0.4 is 15.4 Å². The Balaban J connectivity index is 1.60. The summed E-state index contributed by atoms with van der Waals surface area (Å²) in [4.78, 5) is 15.1. The van der Waals surface area contributed by atoms with Crippen molar-refractivity contribution in [2.24, 2.45) is 5.73 Å². The number of fused-ring (bicyclic) bond motifs is 1. The molecule has 0 aliphatic heterocycles. The zero-order valence-corrected chi connectivity index (χ0v) is 16.2. The number of H-pyrrole nitrogens is 1. The van der Waals surface area contributed by atoms with E-state index in [0.717, 1.165) is 18.7 Å². The van der Waals surface area contributed by atoms with Gasteiger partial charge in [0.15, 0.2) is 22.1 Å². The number of hydrogen-bond acceptors (Lipinski definition) is 7. The summed E-state index contributed by atoms with van der Waals surface area (Å²) in [6.07, 6.45) is 7.64. The summed E-state index contributed by atoms with van der Waals surface area (Å²) in [5.41, 5.74) is 7.31. The molecule has 0 bridgehead atoms. The molecular weight excluding hydrogens is 389 g/mol. The number of nitrogens with two attached hydrogens (primary N) is 1. The minimum Gasteiger partial charge on any atom is -0.434 e. The zero-order valence-electron chi connectivity index (χ0n) is 14.7. The maximum atomic E-state index is 6.29. The molecule has 27 heavy (non-hydrogen) atoms. The van der Waals surface area contributed by atoms with Crippen LogP contribution >= 0.6 is 23.2 Å². The van der Waals surface area contributed by atoms with Gasteiger partial charge >= 0.3 is 0 Å². The molecule has 0 radical (unpaired) electrons. The normalized spacial score (nSPS) is 20.0. The van der Waals surface area contributed by atoms with E-state index in [9.17, 15) is 0 Å². The highest BCUT2D eigenvalue weighted by Crippen LogP contribution is 2.34. The maximum absolute atomic E-state index is 6.29. The number of rotatable bonds is 4. The Kier molecular flexibility index (Phi) is 5.03. The second-order valence-corrected chi connectivity index (χ2v) is 7.33. The fourth-order valence-corrected chi connectivity index (χ4v) is 3.69. The molecule has 3 N–H and O–H groups in total. The fourth-order valence-electron chi connectivity index (χ4n) is 3.39. The van der Waals surface area contributed by atoms with E-state index in [4.69, 9.17) is 33.7 Å². The van der Waals surface area contributed by atoms with E-state index in [1.54, 1.807) is 12.3 Å². The fraction of sp³-hybridized carbons (Fsp3) is 0.412. The Labute approximate surface area is 166 Å². The van der Waals surface area contributed by atoms with Gasteiger partial charge in [0.05, 0.1) is 6.20 Å². The maximum Gasteiger partial charge on any atom is 0.266 e. The van der Waals surface area contributed by atoms with Crippen LogP contribution in [0.5, 0.6) is 11.6 Å². The lowest BCUT2D eigenvalue weighted by molar-refractivity contribution is 0.372. The molecule has 2 atom stereocenters. The van der Waals surface area contributed by atoms with E-state index in [-0.39, 0.29) is 28.1 Å². The van der Waals surface area contributed by atoms with Gasteiger partial charge in [-0.3, -0.25) is 5.10 Å². The van der Waals surface area contributed by atoms with Gasteiger partial charge in [0.25, 0.3) is 5.88 Å². The van der Waals surface area contributed by atoms with Crippen molar-refractivity contribution in [3.05, 3.63) is 28.6 Å². The zero-order chi connectivity index (χ0) is 19.0. The van der Waals surface area contributed by atoms with Gasteiger partial charge in [0.1, 0.15) is 10.8 Å². The van der Waals surface area contributed by atoms with Gasteiger partial charge in [-0.1, -0.05) is 36.0 Å². The van der Waals surface area contributed by atoms with Crippen LogP contribution in [0, 0.1) is 0 Å². The third-order valence-corrected chi connectivity index (χ3v) is 5.63. The molecular formula is C17H19Cl2N7O. The highest BCUT2D eigenvalue weighted by Gasteiger charge is 2.27. The van der Waals surface area contributed by atoms with Crippen molar-refractivity contribution < 1.29 is 4.74 Å². The summed E-state index contributed by atoms with van der Waals surface area (Å²) in [6.45, 7) is 0. The number of pyridine rings is 1. The molecule has 10 heteroatoms. The molecule has 3 aromatic rings. The molecule has 1 fully saturated rings. The van der Waals surface area contributed by atoms with Crippen molar-refractivity contribution in [3.63, 3.8) is 0 Å². The number of nitrogens with zero attached hydrogens (tertiary/aromatic N) is 5. The Morgan fingerprint density at radius 2 is 2.07 bits per heavy atom. The summed E-state index contributed by atoms with van der Waals surface area (Å²) in [5, 5.41) is 7.38. The second kappa shape index (κ2) is 7.46. The molecule has 0 unspecified atom stereocenters. The van der Waals surface area contributed by atoms with Gasteiger partial charge in [0.2, 0.25) is 0 Å². The van der Waals surface area contributed by atoms with Crippen molar-refractivity contribution >= 4 is 40.2 Å². The van der Waals surface area contributed by atoms with Crippen LogP contribution in [-0.4, -0.2) is 44.3 Å². The van der Waals surface area contributed by atoms with Crippen LogP contribution in [0.2, 0.25) is 10.2 Å². The lowest BCUT2D eigenvalue weighted by Crippen LogP contribution is -2.48. The Morgan fingerprint density at radius 3 is 2.89 bits per heavy atom. The van der Waals surface area contributed by atoms with Crippen molar-refractivity contribution in [2.75, 3.05) is 11.9 Å². The van der Waals surface area contributed by atoms with Crippen molar-refractivity contribution in [2.45, 2.75) is 37.8 Å². The number of aromatic nitrogens is 5. The molecule has 4 rings (SSSR count). The molecule has 0 spiro atoms. The Hall–Kier alpha value is -2.16. The first kappa shape index (κ1) is 18.2. The van der Waals surface area contributed by atoms with Gasteiger partial charge in [-0.15, -0.1) is 5.10 Å². The topological polar surface area (TPSA) is 106 Å². The number of halogens is 2. The largest absolute Gasteiger partial charge is 0.434 e. The van der Waals surface area contributed by atoms with Crippen molar-refractivity contribution in [3.8, 4) is 11.6 Å². The van der Waals surface area contributed by atoms with Gasteiger partial charge in [-0.2, -0.15) is 0 Å². The number of hydrogen-bond donors (Lipinski definition) is 2. The average Bonchev–Trinajstić information content (AvgIpc) is 3.07. The molecule has 0 saturated heterocycles.